The minimum absolute atomic E-state index is 0.589. The van der Waals surface area contributed by atoms with E-state index in [4.69, 9.17) is 5.84 Å². The van der Waals surface area contributed by atoms with E-state index in [9.17, 15) is 0 Å². The Hall–Kier alpha value is -2.21. The van der Waals surface area contributed by atoms with Gasteiger partial charge in [0.15, 0.2) is 0 Å². The number of hydrogen-bond donors (Lipinski definition) is 3. The van der Waals surface area contributed by atoms with Crippen LogP contribution >= 0.6 is 0 Å². The Kier molecular flexibility index (Phi) is 3.46. The van der Waals surface area contributed by atoms with Crippen molar-refractivity contribution in [3.8, 4) is 0 Å². The highest BCUT2D eigenvalue weighted by Gasteiger charge is 2.00. The highest BCUT2D eigenvalue weighted by atomic mass is 15.3. The summed E-state index contributed by atoms with van der Waals surface area (Å²) >= 11 is 0. The highest BCUT2D eigenvalue weighted by molar-refractivity contribution is 5.46. The molecule has 2 aromatic rings. The molecule has 0 saturated carbocycles. The van der Waals surface area contributed by atoms with E-state index in [1.54, 1.807) is 12.3 Å². The lowest BCUT2D eigenvalue weighted by molar-refractivity contribution is 1.01. The molecule has 0 aliphatic rings. The number of rotatable bonds is 4. The molecule has 0 radical (unpaired) electrons. The smallest absolute Gasteiger partial charge is 0.145 e. The van der Waals surface area contributed by atoms with Crippen molar-refractivity contribution in [2.75, 3.05) is 10.7 Å². The van der Waals surface area contributed by atoms with Crippen LogP contribution in [0.4, 0.5) is 11.6 Å². The van der Waals surface area contributed by atoms with Gasteiger partial charge in [-0.05, 0) is 18.6 Å². The maximum absolute atomic E-state index is 5.32. The standard InChI is InChI=1S/C11H14N6/c1-8-15-10(5-11(16-8)17-12)14-7-9-3-2-4-13-6-9/h2-6H,7,12H2,1H3,(H2,14,15,16,17). The van der Waals surface area contributed by atoms with Gasteiger partial charge in [-0.2, -0.15) is 0 Å². The molecule has 6 nitrogen and oxygen atoms in total. The van der Waals surface area contributed by atoms with Crippen molar-refractivity contribution in [3.05, 3.63) is 42.0 Å². The summed E-state index contributed by atoms with van der Waals surface area (Å²) in [6, 6.07) is 5.65. The molecule has 0 atom stereocenters. The summed E-state index contributed by atoms with van der Waals surface area (Å²) in [6.45, 7) is 2.48. The number of hydrogen-bond acceptors (Lipinski definition) is 6. The molecule has 0 unspecified atom stereocenters. The van der Waals surface area contributed by atoms with Crippen LogP contribution in [0.3, 0.4) is 0 Å². The van der Waals surface area contributed by atoms with Crippen LogP contribution in [-0.4, -0.2) is 15.0 Å². The fourth-order valence-corrected chi connectivity index (χ4v) is 1.43. The second kappa shape index (κ2) is 5.22. The number of nitrogens with two attached hydrogens (primary N) is 1. The van der Waals surface area contributed by atoms with Crippen molar-refractivity contribution in [3.63, 3.8) is 0 Å². The molecular formula is C11H14N6. The quantitative estimate of drug-likeness (QED) is 0.538. The molecule has 0 saturated heterocycles. The number of aryl methyl sites for hydroxylation is 1. The van der Waals surface area contributed by atoms with Gasteiger partial charge in [0.05, 0.1) is 0 Å². The Morgan fingerprint density at radius 2 is 2.12 bits per heavy atom. The molecule has 0 amide bonds. The van der Waals surface area contributed by atoms with Crippen LogP contribution in [0.5, 0.6) is 0 Å². The largest absolute Gasteiger partial charge is 0.366 e. The van der Waals surface area contributed by atoms with Gasteiger partial charge in [0.25, 0.3) is 0 Å². The third-order valence-electron chi connectivity index (χ3n) is 2.18. The maximum Gasteiger partial charge on any atom is 0.145 e. The zero-order chi connectivity index (χ0) is 12.1. The van der Waals surface area contributed by atoms with E-state index in [-0.39, 0.29) is 0 Å². The molecular weight excluding hydrogens is 216 g/mol. The van der Waals surface area contributed by atoms with Gasteiger partial charge in [0.1, 0.15) is 17.5 Å². The van der Waals surface area contributed by atoms with Gasteiger partial charge < -0.3 is 10.7 Å². The first-order valence-corrected chi connectivity index (χ1v) is 5.23. The van der Waals surface area contributed by atoms with Gasteiger partial charge >= 0.3 is 0 Å². The molecule has 0 aromatic carbocycles. The van der Waals surface area contributed by atoms with E-state index in [0.29, 0.717) is 18.2 Å². The van der Waals surface area contributed by atoms with Gasteiger partial charge in [-0.15, -0.1) is 0 Å². The molecule has 2 heterocycles. The van der Waals surface area contributed by atoms with Gasteiger partial charge in [-0.25, -0.2) is 15.8 Å². The monoisotopic (exact) mass is 230 g/mol. The summed E-state index contributed by atoms with van der Waals surface area (Å²) in [5, 5.41) is 3.19. The Morgan fingerprint density at radius 3 is 2.82 bits per heavy atom. The lowest BCUT2D eigenvalue weighted by Crippen LogP contribution is -2.11. The molecule has 0 spiro atoms. The topological polar surface area (TPSA) is 88.8 Å². The predicted octanol–water partition coefficient (Wildman–Crippen LogP) is 1.08. The second-order valence-electron chi connectivity index (χ2n) is 3.54. The van der Waals surface area contributed by atoms with E-state index >= 15 is 0 Å². The molecule has 0 fully saturated rings. The third-order valence-corrected chi connectivity index (χ3v) is 2.18. The van der Waals surface area contributed by atoms with Gasteiger partial charge in [0, 0.05) is 25.0 Å². The van der Waals surface area contributed by atoms with Crippen LogP contribution in [0.2, 0.25) is 0 Å². The SMILES string of the molecule is Cc1nc(NN)cc(NCc2cccnc2)n1. The average Bonchev–Trinajstić information content (AvgIpc) is 2.37. The molecule has 6 heteroatoms. The van der Waals surface area contributed by atoms with Crippen LogP contribution in [0, 0.1) is 6.92 Å². The molecule has 0 bridgehead atoms. The number of anilines is 2. The predicted molar refractivity (Wildman–Crippen MR) is 66.1 cm³/mol. The van der Waals surface area contributed by atoms with E-state index in [0.717, 1.165) is 11.4 Å². The van der Waals surface area contributed by atoms with E-state index < -0.39 is 0 Å². The molecule has 0 aliphatic carbocycles. The molecule has 17 heavy (non-hydrogen) atoms. The van der Waals surface area contributed by atoms with E-state index in [1.807, 2.05) is 25.3 Å². The fraction of sp³-hybridized carbons (Fsp3) is 0.182. The minimum Gasteiger partial charge on any atom is -0.366 e. The molecule has 88 valence electrons. The van der Waals surface area contributed by atoms with Crippen LogP contribution in [-0.2, 0) is 6.54 Å². The van der Waals surface area contributed by atoms with Crippen LogP contribution in [0.25, 0.3) is 0 Å². The zero-order valence-electron chi connectivity index (χ0n) is 9.51. The van der Waals surface area contributed by atoms with Crippen molar-refractivity contribution in [1.82, 2.24) is 15.0 Å². The van der Waals surface area contributed by atoms with Gasteiger partial charge in [-0.3, -0.25) is 4.98 Å². The zero-order valence-corrected chi connectivity index (χ0v) is 9.51. The summed E-state index contributed by atoms with van der Waals surface area (Å²) < 4.78 is 0. The minimum atomic E-state index is 0.589. The molecule has 2 rings (SSSR count). The van der Waals surface area contributed by atoms with E-state index in [1.165, 1.54) is 0 Å². The van der Waals surface area contributed by atoms with Crippen molar-refractivity contribution < 1.29 is 0 Å². The lowest BCUT2D eigenvalue weighted by atomic mass is 10.3. The second-order valence-corrected chi connectivity index (χ2v) is 3.54. The Morgan fingerprint density at radius 1 is 1.29 bits per heavy atom. The lowest BCUT2D eigenvalue weighted by Gasteiger charge is -2.07. The number of pyridine rings is 1. The Bertz CT molecular complexity index is 485. The van der Waals surface area contributed by atoms with Crippen molar-refractivity contribution >= 4 is 11.6 Å². The Balaban J connectivity index is 2.06. The van der Waals surface area contributed by atoms with Crippen LogP contribution in [0.1, 0.15) is 11.4 Å². The Labute approximate surface area is 99.3 Å². The van der Waals surface area contributed by atoms with E-state index in [2.05, 4.69) is 25.7 Å². The van der Waals surface area contributed by atoms with Gasteiger partial charge in [0.2, 0.25) is 0 Å². The molecule has 4 N–H and O–H groups in total. The number of hydrazine groups is 1. The maximum atomic E-state index is 5.32. The van der Waals surface area contributed by atoms with Crippen LogP contribution in [0.15, 0.2) is 30.6 Å². The van der Waals surface area contributed by atoms with Gasteiger partial charge in [-0.1, -0.05) is 6.07 Å². The number of nitrogens with zero attached hydrogens (tertiary/aromatic N) is 3. The summed E-state index contributed by atoms with van der Waals surface area (Å²) in [5.41, 5.74) is 3.59. The molecule has 0 aliphatic heterocycles. The first-order valence-electron chi connectivity index (χ1n) is 5.23. The molecule has 2 aromatic heterocycles. The third kappa shape index (κ3) is 3.12. The first kappa shape index (κ1) is 11.3. The summed E-state index contributed by atoms with van der Waals surface area (Å²) in [4.78, 5) is 12.4. The number of aromatic nitrogens is 3. The summed E-state index contributed by atoms with van der Waals surface area (Å²) in [6.07, 6.45) is 3.55. The normalized spacial score (nSPS) is 10.0. The number of nitrogen functional groups attached to an aromatic ring is 1. The first-order chi connectivity index (χ1) is 8.28. The summed E-state index contributed by atoms with van der Waals surface area (Å²) in [7, 11) is 0. The average molecular weight is 230 g/mol. The van der Waals surface area contributed by atoms with Crippen molar-refractivity contribution in [1.29, 1.82) is 0 Å². The van der Waals surface area contributed by atoms with Crippen LogP contribution < -0.4 is 16.6 Å². The highest BCUT2D eigenvalue weighted by Crippen LogP contribution is 2.10. The number of nitrogens with one attached hydrogen (secondary N) is 2. The van der Waals surface area contributed by atoms with Crippen molar-refractivity contribution in [2.45, 2.75) is 13.5 Å². The fourth-order valence-electron chi connectivity index (χ4n) is 1.43. The summed E-state index contributed by atoms with van der Waals surface area (Å²) in [5.74, 6) is 7.30. The van der Waals surface area contributed by atoms with Crippen molar-refractivity contribution in [2.24, 2.45) is 5.84 Å².